The molecule has 1 N–H and O–H groups in total. The number of carbonyl (C=O) groups excluding carboxylic acids is 3. The van der Waals surface area contributed by atoms with Crippen LogP contribution < -0.4 is 5.32 Å². The summed E-state index contributed by atoms with van der Waals surface area (Å²) in [6.45, 7) is 0.188. The molecule has 1 saturated heterocycles. The summed E-state index contributed by atoms with van der Waals surface area (Å²) >= 11 is 0. The normalized spacial score (nSPS) is 15.4. The molecule has 1 aliphatic heterocycles. The van der Waals surface area contributed by atoms with E-state index in [1.807, 2.05) is 42.5 Å². The summed E-state index contributed by atoms with van der Waals surface area (Å²) in [5.41, 5.74) is 2.63. The smallest absolute Gasteiger partial charge is 0.246 e. The van der Waals surface area contributed by atoms with Gasteiger partial charge in [0.1, 0.15) is 0 Å². The van der Waals surface area contributed by atoms with Gasteiger partial charge in [-0.1, -0.05) is 42.5 Å². The zero-order chi connectivity index (χ0) is 18.0. The molecule has 0 aromatic heterocycles. The van der Waals surface area contributed by atoms with Gasteiger partial charge in [0.25, 0.3) is 0 Å². The minimum Gasteiger partial charge on any atom is -0.327 e. The molecule has 0 bridgehead atoms. The number of anilines is 1. The van der Waals surface area contributed by atoms with E-state index in [0.29, 0.717) is 5.69 Å². The highest BCUT2D eigenvalue weighted by Gasteiger charge is 2.42. The quantitative estimate of drug-likeness (QED) is 0.868. The third kappa shape index (κ3) is 3.38. The molecule has 0 atom stereocenters. The van der Waals surface area contributed by atoms with Gasteiger partial charge < -0.3 is 15.1 Å². The number of hydrogen-bond donors (Lipinski definition) is 1. The molecule has 3 amide bonds. The molecule has 128 valence electrons. The van der Waals surface area contributed by atoms with Crippen LogP contribution in [0.5, 0.6) is 0 Å². The van der Waals surface area contributed by atoms with Crippen LogP contribution in [0.25, 0.3) is 11.1 Å². The topological polar surface area (TPSA) is 69.7 Å². The molecule has 0 unspecified atom stereocenters. The van der Waals surface area contributed by atoms with Crippen LogP contribution in [0.2, 0.25) is 0 Å². The summed E-state index contributed by atoms with van der Waals surface area (Å²) in [5.74, 6) is -2.92. The van der Waals surface area contributed by atoms with Gasteiger partial charge >= 0.3 is 0 Å². The van der Waals surface area contributed by atoms with E-state index in [9.17, 15) is 14.4 Å². The first-order valence-electron chi connectivity index (χ1n) is 7.93. The lowest BCUT2D eigenvalue weighted by Crippen LogP contribution is -2.57. The Morgan fingerprint density at radius 3 is 1.96 bits per heavy atom. The standard InChI is InChI=1S/C19H19N3O3/c1-21-12-22(2)19(25)16(18(21)24)17(23)20-15-10-8-14(9-11-15)13-6-4-3-5-7-13/h3-11,16H,12H2,1-2H3,(H,20,23). The first-order chi connectivity index (χ1) is 12.0. The average molecular weight is 337 g/mol. The molecule has 3 rings (SSSR count). The molecule has 0 aliphatic carbocycles. The predicted octanol–water partition coefficient (Wildman–Crippen LogP) is 1.80. The molecule has 2 aromatic rings. The number of amides is 3. The zero-order valence-corrected chi connectivity index (χ0v) is 14.1. The molecular weight excluding hydrogens is 318 g/mol. The second-order valence-corrected chi connectivity index (χ2v) is 6.08. The van der Waals surface area contributed by atoms with Crippen LogP contribution in [0.3, 0.4) is 0 Å². The van der Waals surface area contributed by atoms with Crippen LogP contribution in [-0.2, 0) is 14.4 Å². The zero-order valence-electron chi connectivity index (χ0n) is 14.1. The fraction of sp³-hybridized carbons (Fsp3) is 0.211. The van der Waals surface area contributed by atoms with E-state index in [0.717, 1.165) is 11.1 Å². The Balaban J connectivity index is 1.74. The van der Waals surface area contributed by atoms with E-state index < -0.39 is 23.6 Å². The highest BCUT2D eigenvalue weighted by Crippen LogP contribution is 2.22. The fourth-order valence-corrected chi connectivity index (χ4v) is 2.82. The largest absolute Gasteiger partial charge is 0.327 e. The van der Waals surface area contributed by atoms with Crippen molar-refractivity contribution < 1.29 is 14.4 Å². The Hall–Kier alpha value is -3.15. The Morgan fingerprint density at radius 1 is 0.880 bits per heavy atom. The van der Waals surface area contributed by atoms with Crippen LogP contribution in [0.15, 0.2) is 54.6 Å². The van der Waals surface area contributed by atoms with Gasteiger partial charge in [-0.25, -0.2) is 0 Å². The van der Waals surface area contributed by atoms with Crippen molar-refractivity contribution in [2.45, 2.75) is 0 Å². The number of nitrogens with one attached hydrogen (secondary N) is 1. The van der Waals surface area contributed by atoms with Crippen molar-refractivity contribution in [1.82, 2.24) is 9.80 Å². The summed E-state index contributed by atoms with van der Waals surface area (Å²) < 4.78 is 0. The fourth-order valence-electron chi connectivity index (χ4n) is 2.82. The van der Waals surface area contributed by atoms with Crippen LogP contribution in [-0.4, -0.2) is 48.3 Å². The van der Waals surface area contributed by atoms with Crippen molar-refractivity contribution in [2.24, 2.45) is 5.92 Å². The third-order valence-corrected chi connectivity index (χ3v) is 4.19. The van der Waals surface area contributed by atoms with Crippen molar-refractivity contribution in [2.75, 3.05) is 26.1 Å². The van der Waals surface area contributed by atoms with Crippen LogP contribution in [0.4, 0.5) is 5.69 Å². The molecular formula is C19H19N3O3. The van der Waals surface area contributed by atoms with Gasteiger partial charge in [-0.15, -0.1) is 0 Å². The Kier molecular flexibility index (Phi) is 4.52. The molecule has 25 heavy (non-hydrogen) atoms. The van der Waals surface area contributed by atoms with Crippen LogP contribution in [0, 0.1) is 5.92 Å². The van der Waals surface area contributed by atoms with Crippen molar-refractivity contribution in [1.29, 1.82) is 0 Å². The van der Waals surface area contributed by atoms with Crippen LogP contribution in [0.1, 0.15) is 0 Å². The van der Waals surface area contributed by atoms with Crippen molar-refractivity contribution >= 4 is 23.4 Å². The SMILES string of the molecule is CN1CN(C)C(=O)C(C(=O)Nc2ccc(-c3ccccc3)cc2)C1=O. The Morgan fingerprint density at radius 2 is 1.40 bits per heavy atom. The molecule has 6 heteroatoms. The van der Waals surface area contributed by atoms with Gasteiger partial charge in [0.2, 0.25) is 17.7 Å². The molecule has 0 spiro atoms. The van der Waals surface area contributed by atoms with E-state index >= 15 is 0 Å². The molecule has 6 nitrogen and oxygen atoms in total. The maximum atomic E-state index is 12.4. The van der Waals surface area contributed by atoms with Crippen molar-refractivity contribution in [3.05, 3.63) is 54.6 Å². The first kappa shape index (κ1) is 16.7. The number of benzene rings is 2. The van der Waals surface area contributed by atoms with E-state index in [2.05, 4.69) is 5.32 Å². The van der Waals surface area contributed by atoms with Crippen molar-refractivity contribution in [3.63, 3.8) is 0 Å². The van der Waals surface area contributed by atoms with Crippen LogP contribution >= 0.6 is 0 Å². The highest BCUT2D eigenvalue weighted by molar-refractivity contribution is 6.21. The minimum atomic E-state index is -1.34. The van der Waals surface area contributed by atoms with Crippen molar-refractivity contribution in [3.8, 4) is 11.1 Å². The summed E-state index contributed by atoms with van der Waals surface area (Å²) in [4.78, 5) is 39.5. The maximum Gasteiger partial charge on any atom is 0.246 e. The second-order valence-electron chi connectivity index (χ2n) is 6.08. The average Bonchev–Trinajstić information content (AvgIpc) is 2.62. The summed E-state index contributed by atoms with van der Waals surface area (Å²) in [6, 6.07) is 17.1. The second kappa shape index (κ2) is 6.76. The monoisotopic (exact) mass is 337 g/mol. The summed E-state index contributed by atoms with van der Waals surface area (Å²) in [5, 5.41) is 2.66. The highest BCUT2D eigenvalue weighted by atomic mass is 16.2. The lowest BCUT2D eigenvalue weighted by molar-refractivity contribution is -0.158. The number of carbonyl (C=O) groups is 3. The van der Waals surface area contributed by atoms with E-state index in [1.165, 1.54) is 9.80 Å². The van der Waals surface area contributed by atoms with Gasteiger partial charge in [-0.3, -0.25) is 14.4 Å². The van der Waals surface area contributed by atoms with Gasteiger partial charge in [0.05, 0.1) is 6.67 Å². The van der Waals surface area contributed by atoms with E-state index in [4.69, 9.17) is 0 Å². The molecule has 0 radical (unpaired) electrons. The predicted molar refractivity (Wildman–Crippen MR) is 94.4 cm³/mol. The van der Waals surface area contributed by atoms with E-state index in [-0.39, 0.29) is 6.67 Å². The van der Waals surface area contributed by atoms with Gasteiger partial charge in [0, 0.05) is 19.8 Å². The number of hydrogen-bond acceptors (Lipinski definition) is 3. The Labute approximate surface area is 146 Å². The molecule has 1 fully saturated rings. The molecule has 0 saturated carbocycles. The third-order valence-electron chi connectivity index (χ3n) is 4.19. The maximum absolute atomic E-state index is 12.4. The minimum absolute atomic E-state index is 0.188. The number of nitrogens with zero attached hydrogens (tertiary/aromatic N) is 2. The van der Waals surface area contributed by atoms with E-state index in [1.54, 1.807) is 26.2 Å². The summed E-state index contributed by atoms with van der Waals surface area (Å²) in [6.07, 6.45) is 0. The Bertz CT molecular complexity index is 782. The molecule has 2 aromatic carbocycles. The van der Waals surface area contributed by atoms with Gasteiger partial charge in [-0.2, -0.15) is 0 Å². The van der Waals surface area contributed by atoms with Gasteiger partial charge in [-0.05, 0) is 23.3 Å². The molecule has 1 aliphatic rings. The van der Waals surface area contributed by atoms with Gasteiger partial charge in [0.15, 0.2) is 5.92 Å². The number of rotatable bonds is 3. The lowest BCUT2D eigenvalue weighted by atomic mass is 10.0. The molecule has 1 heterocycles. The lowest BCUT2D eigenvalue weighted by Gasteiger charge is -2.34. The first-order valence-corrected chi connectivity index (χ1v) is 7.93. The summed E-state index contributed by atoms with van der Waals surface area (Å²) in [7, 11) is 3.14.